The fourth-order valence-electron chi connectivity index (χ4n) is 3.06. The van der Waals surface area contributed by atoms with E-state index in [0.29, 0.717) is 24.5 Å². The van der Waals surface area contributed by atoms with Crippen LogP contribution >= 0.6 is 11.5 Å². The Balaban J connectivity index is 1.57. The number of aromatic nitrogens is 2. The molecular formula is C25H26N4O5S2. The molecule has 11 heteroatoms. The summed E-state index contributed by atoms with van der Waals surface area (Å²) in [6.07, 6.45) is 1.41. The van der Waals surface area contributed by atoms with E-state index in [1.807, 2.05) is 38.1 Å². The number of hydrogen-bond donors (Lipinski definition) is 1. The highest BCUT2D eigenvalue weighted by atomic mass is 32.2. The number of para-hydroxylation sites is 1. The molecule has 0 aliphatic carbocycles. The monoisotopic (exact) mass is 526 g/mol. The van der Waals surface area contributed by atoms with Crippen molar-refractivity contribution in [2.24, 2.45) is 0 Å². The Morgan fingerprint density at radius 2 is 1.75 bits per heavy atom. The first-order chi connectivity index (χ1) is 17.1. The van der Waals surface area contributed by atoms with Crippen molar-refractivity contribution in [1.29, 1.82) is 5.26 Å². The predicted molar refractivity (Wildman–Crippen MR) is 138 cm³/mol. The molecule has 9 nitrogen and oxygen atoms in total. The molecule has 0 atom stereocenters. The minimum atomic E-state index is -3.66. The maximum Gasteiger partial charge on any atom is 0.268 e. The zero-order valence-electron chi connectivity index (χ0n) is 20.3. The number of nitrogens with one attached hydrogen (secondary N) is 1. The van der Waals surface area contributed by atoms with Crippen molar-refractivity contribution in [2.45, 2.75) is 38.1 Å². The summed E-state index contributed by atoms with van der Waals surface area (Å²) in [6.45, 7) is 7.76. The Morgan fingerprint density at radius 1 is 1.11 bits per heavy atom. The van der Waals surface area contributed by atoms with Crippen LogP contribution in [0.5, 0.6) is 11.5 Å². The number of hydrogen-bond acceptors (Lipinski definition) is 9. The maximum atomic E-state index is 12.5. The summed E-state index contributed by atoms with van der Waals surface area (Å²) >= 11 is 0.732. The fourth-order valence-corrected chi connectivity index (χ4v) is 4.75. The van der Waals surface area contributed by atoms with E-state index in [1.165, 1.54) is 19.9 Å². The molecule has 0 saturated heterocycles. The number of rotatable bonds is 10. The van der Waals surface area contributed by atoms with E-state index in [2.05, 4.69) is 14.7 Å². The van der Waals surface area contributed by atoms with Gasteiger partial charge in [-0.05, 0) is 62.6 Å². The second-order valence-corrected chi connectivity index (χ2v) is 11.2. The smallest absolute Gasteiger partial charge is 0.268 e. The molecule has 0 aliphatic heterocycles. The van der Waals surface area contributed by atoms with Gasteiger partial charge in [0.2, 0.25) is 15.0 Å². The number of nitrogens with zero attached hydrogens (tertiary/aromatic N) is 3. The predicted octanol–water partition coefficient (Wildman–Crippen LogP) is 4.34. The van der Waals surface area contributed by atoms with Gasteiger partial charge in [0.25, 0.3) is 11.1 Å². The van der Waals surface area contributed by atoms with Gasteiger partial charge >= 0.3 is 0 Å². The number of anilines is 1. The second-order valence-electron chi connectivity index (χ2n) is 8.09. The van der Waals surface area contributed by atoms with Crippen LogP contribution in [0.2, 0.25) is 0 Å². The number of aryl methyl sites for hydroxylation is 2. The number of carbonyl (C=O) groups excluding carboxylic acids is 1. The Morgan fingerprint density at radius 3 is 2.36 bits per heavy atom. The summed E-state index contributed by atoms with van der Waals surface area (Å²) in [7, 11) is -3.66. The minimum Gasteiger partial charge on any atom is -0.490 e. The number of nitriles is 1. The van der Waals surface area contributed by atoms with Crippen molar-refractivity contribution in [3.63, 3.8) is 0 Å². The number of amides is 1. The molecular weight excluding hydrogens is 500 g/mol. The van der Waals surface area contributed by atoms with Gasteiger partial charge in [0.15, 0.2) is 0 Å². The molecule has 0 radical (unpaired) electrons. The Bertz CT molecular complexity index is 1380. The first-order valence-corrected chi connectivity index (χ1v) is 13.4. The lowest BCUT2D eigenvalue weighted by atomic mass is 10.1. The zero-order chi connectivity index (χ0) is 26.3. The third-order valence-electron chi connectivity index (χ3n) is 5.07. The number of benzene rings is 2. The molecule has 3 aromatic rings. The van der Waals surface area contributed by atoms with Gasteiger partial charge in [-0.25, -0.2) is 8.42 Å². The molecule has 1 N–H and O–H groups in total. The lowest BCUT2D eigenvalue weighted by molar-refractivity contribution is -0.112. The van der Waals surface area contributed by atoms with Gasteiger partial charge in [-0.3, -0.25) is 10.1 Å². The van der Waals surface area contributed by atoms with Crippen molar-refractivity contribution in [3.8, 4) is 17.6 Å². The van der Waals surface area contributed by atoms with Crippen molar-refractivity contribution < 1.29 is 22.7 Å². The van der Waals surface area contributed by atoms with Crippen LogP contribution in [-0.4, -0.2) is 42.1 Å². The summed E-state index contributed by atoms with van der Waals surface area (Å²) in [5.41, 5.74) is 2.57. The van der Waals surface area contributed by atoms with Gasteiger partial charge in [-0.1, -0.05) is 30.3 Å². The van der Waals surface area contributed by atoms with Gasteiger partial charge in [0.1, 0.15) is 36.4 Å². The van der Waals surface area contributed by atoms with Crippen LogP contribution in [0.3, 0.4) is 0 Å². The Kier molecular flexibility index (Phi) is 8.79. The Hall–Kier alpha value is -3.75. The second kappa shape index (κ2) is 11.8. The average Bonchev–Trinajstić information content (AvgIpc) is 3.31. The largest absolute Gasteiger partial charge is 0.490 e. The zero-order valence-corrected chi connectivity index (χ0v) is 21.9. The topological polar surface area (TPSA) is 131 Å². The highest BCUT2D eigenvalue weighted by molar-refractivity contribution is 7.91. The van der Waals surface area contributed by atoms with Gasteiger partial charge < -0.3 is 9.47 Å². The number of sulfone groups is 1. The van der Waals surface area contributed by atoms with Crippen LogP contribution in [0, 0.1) is 25.2 Å². The van der Waals surface area contributed by atoms with E-state index in [-0.39, 0.29) is 15.9 Å². The maximum absolute atomic E-state index is 12.5. The summed E-state index contributed by atoms with van der Waals surface area (Å²) in [6, 6.07) is 14.7. The van der Waals surface area contributed by atoms with Gasteiger partial charge in [0.05, 0.1) is 5.25 Å². The fraction of sp³-hybridized carbons (Fsp3) is 0.280. The molecule has 0 bridgehead atoms. The van der Waals surface area contributed by atoms with Crippen molar-refractivity contribution in [2.75, 3.05) is 18.5 Å². The van der Waals surface area contributed by atoms with Crippen molar-refractivity contribution in [1.82, 2.24) is 9.36 Å². The van der Waals surface area contributed by atoms with E-state index in [9.17, 15) is 18.5 Å². The van der Waals surface area contributed by atoms with Crippen LogP contribution in [0.15, 0.2) is 53.2 Å². The molecule has 188 valence electrons. The molecule has 0 fully saturated rings. The van der Waals surface area contributed by atoms with Crippen LogP contribution in [0.1, 0.15) is 30.5 Å². The average molecular weight is 527 g/mol. The normalized spacial score (nSPS) is 11.7. The van der Waals surface area contributed by atoms with Gasteiger partial charge in [-0.15, -0.1) is 0 Å². The summed E-state index contributed by atoms with van der Waals surface area (Å²) in [5.74, 6) is 0.759. The molecule has 2 aromatic carbocycles. The summed E-state index contributed by atoms with van der Waals surface area (Å²) < 4.78 is 39.6. The van der Waals surface area contributed by atoms with Crippen LogP contribution in [0.4, 0.5) is 5.13 Å². The van der Waals surface area contributed by atoms with Crippen LogP contribution in [-0.2, 0) is 14.6 Å². The highest BCUT2D eigenvalue weighted by Crippen LogP contribution is 2.23. The Labute approximate surface area is 214 Å². The lowest BCUT2D eigenvalue weighted by Gasteiger charge is -2.12. The summed E-state index contributed by atoms with van der Waals surface area (Å²) in [4.78, 5) is 16.4. The standard InChI is InChI=1S/C25H26N4O5S2/c1-16(2)36(31,32)25-28-24(35-29-25)27-23(30)20(15-26)14-19-8-10-21(11-9-19)33-12-13-34-22-17(3)6-5-7-18(22)4/h5-11,14,16H,12-13H2,1-4H3,(H,27,28,29,30). The SMILES string of the molecule is Cc1cccc(C)c1OCCOc1ccc(C=C(C#N)C(=O)Nc2nc(S(=O)(=O)C(C)C)ns2)cc1. The van der Waals surface area contributed by atoms with Gasteiger partial charge in [-0.2, -0.15) is 14.6 Å². The van der Waals surface area contributed by atoms with Crippen molar-refractivity contribution in [3.05, 3.63) is 64.7 Å². The molecule has 1 aromatic heterocycles. The molecule has 0 unspecified atom stereocenters. The first-order valence-electron chi connectivity index (χ1n) is 11.0. The first kappa shape index (κ1) is 26.8. The van der Waals surface area contributed by atoms with E-state index in [1.54, 1.807) is 24.3 Å². The van der Waals surface area contributed by atoms with Crippen molar-refractivity contribution >= 4 is 38.5 Å². The van der Waals surface area contributed by atoms with E-state index >= 15 is 0 Å². The van der Waals surface area contributed by atoms with Crippen LogP contribution < -0.4 is 14.8 Å². The molecule has 0 spiro atoms. The number of ether oxygens (including phenoxy) is 2. The molecule has 36 heavy (non-hydrogen) atoms. The summed E-state index contributed by atoms with van der Waals surface area (Å²) in [5, 5.41) is 10.8. The highest BCUT2D eigenvalue weighted by Gasteiger charge is 2.25. The van der Waals surface area contributed by atoms with Gasteiger partial charge in [0, 0.05) is 11.5 Å². The minimum absolute atomic E-state index is 0.00719. The molecule has 3 rings (SSSR count). The van der Waals surface area contributed by atoms with E-state index < -0.39 is 21.0 Å². The third kappa shape index (κ3) is 6.68. The molecule has 0 saturated carbocycles. The molecule has 0 aliphatic rings. The number of carbonyl (C=O) groups is 1. The quantitative estimate of drug-likeness (QED) is 0.234. The van der Waals surface area contributed by atoms with Crippen LogP contribution in [0.25, 0.3) is 6.08 Å². The van der Waals surface area contributed by atoms with E-state index in [0.717, 1.165) is 28.4 Å². The molecule has 1 amide bonds. The lowest BCUT2D eigenvalue weighted by Crippen LogP contribution is -2.16. The molecule has 1 heterocycles. The third-order valence-corrected chi connectivity index (χ3v) is 7.75. The van der Waals surface area contributed by atoms with E-state index in [4.69, 9.17) is 9.47 Å².